The molecule has 0 aliphatic carbocycles. The van der Waals surface area contributed by atoms with Crippen molar-refractivity contribution < 1.29 is 27.9 Å². The van der Waals surface area contributed by atoms with Gasteiger partial charge in [-0.1, -0.05) is 24.3 Å². The zero-order chi connectivity index (χ0) is 19.8. The molecule has 2 atom stereocenters. The second kappa shape index (κ2) is 6.72. The molecule has 1 aromatic carbocycles. The normalized spacial score (nSPS) is 19.3. The quantitative estimate of drug-likeness (QED) is 0.890. The molecule has 3 rings (SSSR count). The van der Waals surface area contributed by atoms with Crippen molar-refractivity contribution in [1.29, 1.82) is 5.26 Å². The van der Waals surface area contributed by atoms with Crippen molar-refractivity contribution in [3.63, 3.8) is 0 Å². The summed E-state index contributed by atoms with van der Waals surface area (Å²) in [6, 6.07) is 8.67. The Hall–Kier alpha value is -3.41. The first-order valence-corrected chi connectivity index (χ1v) is 7.78. The van der Waals surface area contributed by atoms with Crippen molar-refractivity contribution in [3.8, 4) is 6.07 Å². The summed E-state index contributed by atoms with van der Waals surface area (Å²) in [6.45, 7) is -1.60. The Morgan fingerprint density at radius 1 is 1.26 bits per heavy atom. The molecular formula is C18H12F3N3O3. The van der Waals surface area contributed by atoms with Crippen LogP contribution in [0.2, 0.25) is 0 Å². The number of hydrogen-bond donors (Lipinski definition) is 1. The SMILES string of the molecule is N#Cc1ccc(C2[C@@H](C(=O)O)c3ccccc3C(=O)N2CC(F)(F)F)cn1. The van der Waals surface area contributed by atoms with E-state index in [4.69, 9.17) is 5.26 Å². The molecule has 27 heavy (non-hydrogen) atoms. The molecule has 6 nitrogen and oxygen atoms in total. The molecule has 1 aliphatic rings. The van der Waals surface area contributed by atoms with E-state index in [1.165, 1.54) is 36.4 Å². The number of fused-ring (bicyclic) bond motifs is 1. The van der Waals surface area contributed by atoms with Gasteiger partial charge in [0.2, 0.25) is 0 Å². The van der Waals surface area contributed by atoms with E-state index in [-0.39, 0.29) is 22.4 Å². The van der Waals surface area contributed by atoms with Gasteiger partial charge in [0.05, 0.1) is 6.04 Å². The molecule has 138 valence electrons. The highest BCUT2D eigenvalue weighted by atomic mass is 19.4. The molecule has 9 heteroatoms. The van der Waals surface area contributed by atoms with Crippen molar-refractivity contribution in [3.05, 3.63) is 65.0 Å². The maximum atomic E-state index is 13.1. The second-order valence-corrected chi connectivity index (χ2v) is 5.98. The van der Waals surface area contributed by atoms with E-state index in [2.05, 4.69) is 4.98 Å². The van der Waals surface area contributed by atoms with Gasteiger partial charge < -0.3 is 10.0 Å². The van der Waals surface area contributed by atoms with Crippen molar-refractivity contribution in [2.24, 2.45) is 0 Å². The summed E-state index contributed by atoms with van der Waals surface area (Å²) in [7, 11) is 0. The van der Waals surface area contributed by atoms with Crippen molar-refractivity contribution in [2.45, 2.75) is 18.1 Å². The lowest BCUT2D eigenvalue weighted by atomic mass is 9.80. The molecule has 1 N–H and O–H groups in total. The average molecular weight is 375 g/mol. The summed E-state index contributed by atoms with van der Waals surface area (Å²) in [5.41, 5.74) is 0.193. The number of nitrogens with zero attached hydrogens (tertiary/aromatic N) is 3. The molecule has 0 saturated heterocycles. The van der Waals surface area contributed by atoms with Gasteiger partial charge in [-0.3, -0.25) is 9.59 Å². The van der Waals surface area contributed by atoms with Gasteiger partial charge >= 0.3 is 12.1 Å². The van der Waals surface area contributed by atoms with E-state index >= 15 is 0 Å². The standard InChI is InChI=1S/C18H12F3N3O3/c19-18(20,21)9-24-15(10-5-6-11(7-22)23-8-10)14(17(26)27)12-3-1-2-4-13(12)16(24)25/h1-6,8,14-15H,9H2,(H,26,27)/t14-,15?/m0/s1. The first-order chi connectivity index (χ1) is 12.7. The van der Waals surface area contributed by atoms with E-state index in [0.717, 1.165) is 6.20 Å². The number of pyridine rings is 1. The van der Waals surface area contributed by atoms with Gasteiger partial charge in [0.15, 0.2) is 0 Å². The topological polar surface area (TPSA) is 94.3 Å². The van der Waals surface area contributed by atoms with Gasteiger partial charge in [0.1, 0.15) is 24.2 Å². The monoisotopic (exact) mass is 375 g/mol. The number of amides is 1. The predicted octanol–water partition coefficient (Wildman–Crippen LogP) is 2.88. The number of rotatable bonds is 3. The van der Waals surface area contributed by atoms with Crippen LogP contribution in [0.3, 0.4) is 0 Å². The number of carbonyl (C=O) groups excluding carboxylic acids is 1. The Bertz CT molecular complexity index is 935. The first kappa shape index (κ1) is 18.4. The van der Waals surface area contributed by atoms with E-state index in [1.807, 2.05) is 0 Å². The highest BCUT2D eigenvalue weighted by Gasteiger charge is 2.47. The number of nitriles is 1. The van der Waals surface area contributed by atoms with Crippen molar-refractivity contribution >= 4 is 11.9 Å². The third-order valence-electron chi connectivity index (χ3n) is 4.30. The van der Waals surface area contributed by atoms with Crippen LogP contribution in [0.4, 0.5) is 13.2 Å². The van der Waals surface area contributed by atoms with E-state index in [9.17, 15) is 27.9 Å². The van der Waals surface area contributed by atoms with Gasteiger partial charge in [-0.2, -0.15) is 18.4 Å². The molecule has 1 aliphatic heterocycles. The minimum atomic E-state index is -4.72. The van der Waals surface area contributed by atoms with Gasteiger partial charge in [0.25, 0.3) is 5.91 Å². The molecule has 0 radical (unpaired) electrons. The largest absolute Gasteiger partial charge is 0.481 e. The fourth-order valence-corrected chi connectivity index (χ4v) is 3.24. The smallest absolute Gasteiger partial charge is 0.406 e. The number of carboxylic acid groups (broad SMARTS) is 1. The summed E-state index contributed by atoms with van der Waals surface area (Å²) in [5, 5.41) is 18.6. The highest BCUT2D eigenvalue weighted by Crippen LogP contribution is 2.43. The molecule has 1 aromatic heterocycles. The Labute approximate surface area is 151 Å². The maximum absolute atomic E-state index is 13.1. The van der Waals surface area contributed by atoms with Crippen LogP contribution in [0, 0.1) is 11.3 Å². The maximum Gasteiger partial charge on any atom is 0.406 e. The fourth-order valence-electron chi connectivity index (χ4n) is 3.24. The van der Waals surface area contributed by atoms with Crippen LogP contribution < -0.4 is 0 Å². The van der Waals surface area contributed by atoms with Crippen LogP contribution in [0.5, 0.6) is 0 Å². The Morgan fingerprint density at radius 3 is 2.52 bits per heavy atom. The van der Waals surface area contributed by atoms with Crippen LogP contribution in [-0.4, -0.2) is 39.6 Å². The third kappa shape index (κ3) is 3.46. The van der Waals surface area contributed by atoms with E-state index < -0.39 is 36.6 Å². The number of aromatic nitrogens is 1. The first-order valence-electron chi connectivity index (χ1n) is 7.78. The van der Waals surface area contributed by atoms with Crippen molar-refractivity contribution in [2.75, 3.05) is 6.54 Å². The van der Waals surface area contributed by atoms with Crippen LogP contribution >= 0.6 is 0 Å². The third-order valence-corrected chi connectivity index (χ3v) is 4.30. The lowest BCUT2D eigenvalue weighted by Crippen LogP contribution is -2.48. The summed E-state index contributed by atoms with van der Waals surface area (Å²) in [5.74, 6) is -3.68. The summed E-state index contributed by atoms with van der Waals surface area (Å²) >= 11 is 0. The number of benzene rings is 1. The van der Waals surface area contributed by atoms with Crippen LogP contribution in [-0.2, 0) is 4.79 Å². The lowest BCUT2D eigenvalue weighted by Gasteiger charge is -2.40. The average Bonchev–Trinajstić information content (AvgIpc) is 2.62. The summed E-state index contributed by atoms with van der Waals surface area (Å²) in [6.07, 6.45) is -3.59. The number of aliphatic carboxylic acids is 1. The number of alkyl halides is 3. The molecule has 1 amide bonds. The van der Waals surface area contributed by atoms with Crippen LogP contribution in [0.15, 0.2) is 42.6 Å². The van der Waals surface area contributed by atoms with E-state index in [1.54, 1.807) is 6.07 Å². The minimum Gasteiger partial charge on any atom is -0.481 e. The Balaban J connectivity index is 2.21. The zero-order valence-electron chi connectivity index (χ0n) is 13.6. The van der Waals surface area contributed by atoms with Gasteiger partial charge in [-0.05, 0) is 23.3 Å². The highest BCUT2D eigenvalue weighted by molar-refractivity contribution is 6.00. The number of carbonyl (C=O) groups is 2. The molecular weight excluding hydrogens is 363 g/mol. The number of hydrogen-bond acceptors (Lipinski definition) is 4. The minimum absolute atomic E-state index is 0.0236. The zero-order valence-corrected chi connectivity index (χ0v) is 13.6. The molecule has 1 unspecified atom stereocenters. The van der Waals surface area contributed by atoms with Crippen LogP contribution in [0.1, 0.15) is 39.1 Å². The molecule has 0 saturated carbocycles. The Kier molecular flexibility index (Phi) is 4.57. The van der Waals surface area contributed by atoms with Crippen LogP contribution in [0.25, 0.3) is 0 Å². The molecule has 0 spiro atoms. The molecule has 2 heterocycles. The predicted molar refractivity (Wildman–Crippen MR) is 85.6 cm³/mol. The molecule has 0 fully saturated rings. The fraction of sp³-hybridized carbons (Fsp3) is 0.222. The lowest BCUT2D eigenvalue weighted by molar-refractivity contribution is -0.153. The van der Waals surface area contributed by atoms with Crippen molar-refractivity contribution in [1.82, 2.24) is 9.88 Å². The second-order valence-electron chi connectivity index (χ2n) is 5.98. The van der Waals surface area contributed by atoms with Gasteiger partial charge in [-0.25, -0.2) is 4.98 Å². The summed E-state index contributed by atoms with van der Waals surface area (Å²) < 4.78 is 39.4. The number of halogens is 3. The van der Waals surface area contributed by atoms with E-state index in [0.29, 0.717) is 4.90 Å². The molecule has 0 bridgehead atoms. The number of carboxylic acids is 1. The summed E-state index contributed by atoms with van der Waals surface area (Å²) in [4.78, 5) is 29.0. The van der Waals surface area contributed by atoms with Gasteiger partial charge in [-0.15, -0.1) is 0 Å². The Morgan fingerprint density at radius 2 is 1.96 bits per heavy atom. The van der Waals surface area contributed by atoms with Gasteiger partial charge in [0, 0.05) is 11.8 Å². The molecule has 2 aromatic rings.